The molecule has 0 aromatic heterocycles. The zero-order valence-electron chi connectivity index (χ0n) is 34.6. The van der Waals surface area contributed by atoms with Crippen LogP contribution in [0.2, 0.25) is 10.0 Å². The van der Waals surface area contributed by atoms with Gasteiger partial charge in [-0.3, -0.25) is 39.4 Å². The number of carbonyl (C=O) groups is 6. The van der Waals surface area contributed by atoms with E-state index in [1.165, 1.54) is 23.1 Å². The average Bonchev–Trinajstić information content (AvgIpc) is 3.88. The fraction of sp³-hybridized carbons (Fsp3) is 0.347. The summed E-state index contributed by atoms with van der Waals surface area (Å²) in [4.78, 5) is 80.8. The summed E-state index contributed by atoms with van der Waals surface area (Å²) in [6.45, 7) is 0.00534. The number of anilines is 2. The Balaban J connectivity index is 0.863. The SMILES string of the molecule is O=C1CCC(N2Cc3c(C#CCCCCC(=O)c4ccc(NC(=O)[C@@H]5NC6(CCCCC6)[C@@]6(C(=O)Nc7cc(Cl)ccc76)[C@H]5c5cccc(Cl)c5F)cc4)ccc(F)c3C2=O)C(=O)N1. The van der Waals surface area contributed by atoms with Crippen LogP contribution in [0.15, 0.2) is 72.8 Å². The van der Waals surface area contributed by atoms with Crippen molar-refractivity contribution in [2.24, 2.45) is 0 Å². The molecule has 328 valence electrons. The summed E-state index contributed by atoms with van der Waals surface area (Å²) in [6.07, 6.45) is 5.81. The van der Waals surface area contributed by atoms with Gasteiger partial charge in [0.15, 0.2) is 5.78 Å². The predicted molar refractivity (Wildman–Crippen MR) is 236 cm³/mol. The van der Waals surface area contributed by atoms with Crippen LogP contribution in [0, 0.1) is 23.5 Å². The molecular weight excluding hydrogens is 863 g/mol. The number of halogens is 4. The van der Waals surface area contributed by atoms with E-state index >= 15 is 4.39 Å². The van der Waals surface area contributed by atoms with Crippen LogP contribution in [-0.4, -0.2) is 57.8 Å². The number of hydrogen-bond donors (Lipinski definition) is 4. The molecule has 5 aliphatic rings. The fourth-order valence-corrected chi connectivity index (χ4v) is 11.1. The molecule has 15 heteroatoms. The van der Waals surface area contributed by atoms with Crippen molar-refractivity contribution >= 4 is 69.9 Å². The molecule has 1 saturated carbocycles. The second-order valence-corrected chi connectivity index (χ2v) is 18.0. The third-order valence-electron chi connectivity index (χ3n) is 13.6. The van der Waals surface area contributed by atoms with Crippen LogP contribution in [0.5, 0.6) is 0 Å². The number of nitrogens with one attached hydrogen (secondary N) is 4. The van der Waals surface area contributed by atoms with Crippen molar-refractivity contribution < 1.29 is 37.5 Å². The zero-order chi connectivity index (χ0) is 44.9. The van der Waals surface area contributed by atoms with Crippen molar-refractivity contribution in [1.29, 1.82) is 0 Å². The monoisotopic (exact) mass is 905 g/mol. The topological polar surface area (TPSA) is 154 Å². The number of hydrogen-bond acceptors (Lipinski definition) is 7. The Bertz CT molecular complexity index is 2710. The summed E-state index contributed by atoms with van der Waals surface area (Å²) in [7, 11) is 0. The Morgan fingerprint density at radius 3 is 2.45 bits per heavy atom. The maximum absolute atomic E-state index is 16.2. The van der Waals surface area contributed by atoms with Crippen LogP contribution < -0.4 is 21.3 Å². The number of benzene rings is 4. The highest BCUT2D eigenvalue weighted by Gasteiger charge is 2.72. The van der Waals surface area contributed by atoms with E-state index in [0.717, 1.165) is 19.3 Å². The maximum Gasteiger partial charge on any atom is 0.258 e. The minimum absolute atomic E-state index is 0.00534. The van der Waals surface area contributed by atoms with Crippen LogP contribution in [0.1, 0.15) is 120 Å². The fourth-order valence-electron chi connectivity index (χ4n) is 10.7. The minimum atomic E-state index is -1.37. The summed E-state index contributed by atoms with van der Waals surface area (Å²) >= 11 is 12.8. The van der Waals surface area contributed by atoms with Crippen molar-refractivity contribution in [1.82, 2.24) is 15.5 Å². The number of carbonyl (C=O) groups excluding carboxylic acids is 6. The molecule has 1 aliphatic carbocycles. The number of amides is 5. The highest BCUT2D eigenvalue weighted by Crippen LogP contribution is 2.63. The molecule has 11 nitrogen and oxygen atoms in total. The van der Waals surface area contributed by atoms with Crippen LogP contribution in [-0.2, 0) is 31.1 Å². The second kappa shape index (κ2) is 17.2. The summed E-state index contributed by atoms with van der Waals surface area (Å²) in [6, 6.07) is 17.2. The van der Waals surface area contributed by atoms with Crippen LogP contribution in [0.4, 0.5) is 20.2 Å². The molecule has 9 rings (SSSR count). The van der Waals surface area contributed by atoms with Crippen LogP contribution in [0.3, 0.4) is 0 Å². The maximum atomic E-state index is 16.2. The number of Topliss-reactive ketones (excluding diaryl/α,β-unsaturated/α-hetero) is 1. The summed E-state index contributed by atoms with van der Waals surface area (Å²) in [5.41, 5.74) is 0.711. The molecule has 1 unspecified atom stereocenters. The van der Waals surface area contributed by atoms with E-state index < -0.39 is 64.2 Å². The van der Waals surface area contributed by atoms with E-state index in [-0.39, 0.29) is 53.6 Å². The molecule has 2 saturated heterocycles. The van der Waals surface area contributed by atoms with Crippen molar-refractivity contribution in [3.8, 4) is 11.8 Å². The Hall–Kier alpha value is -5.94. The molecule has 5 amide bonds. The van der Waals surface area contributed by atoms with E-state index in [1.54, 1.807) is 54.6 Å². The first kappa shape index (κ1) is 43.3. The van der Waals surface area contributed by atoms with Crippen molar-refractivity contribution in [2.75, 3.05) is 10.6 Å². The highest BCUT2D eigenvalue weighted by atomic mass is 35.5. The first-order valence-corrected chi connectivity index (χ1v) is 22.3. The van der Waals surface area contributed by atoms with Crippen LogP contribution >= 0.6 is 23.2 Å². The average molecular weight is 907 g/mol. The molecule has 2 spiro atoms. The smallest absolute Gasteiger partial charge is 0.258 e. The van der Waals surface area contributed by atoms with Gasteiger partial charge in [0.25, 0.3) is 5.91 Å². The predicted octanol–water partition coefficient (Wildman–Crippen LogP) is 8.11. The van der Waals surface area contributed by atoms with Gasteiger partial charge in [0.05, 0.1) is 16.6 Å². The Morgan fingerprint density at radius 2 is 1.69 bits per heavy atom. The molecule has 4 aromatic carbocycles. The first-order chi connectivity index (χ1) is 30.8. The number of piperidine rings is 1. The van der Waals surface area contributed by atoms with E-state index in [2.05, 4.69) is 33.1 Å². The quantitative estimate of drug-likeness (QED) is 0.0573. The van der Waals surface area contributed by atoms with Gasteiger partial charge in [-0.25, -0.2) is 8.78 Å². The Morgan fingerprint density at radius 1 is 0.906 bits per heavy atom. The summed E-state index contributed by atoms with van der Waals surface area (Å²) in [5.74, 6) is 1.21. The molecule has 4 atom stereocenters. The normalized spacial score (nSPS) is 23.1. The zero-order valence-corrected chi connectivity index (χ0v) is 36.1. The summed E-state index contributed by atoms with van der Waals surface area (Å²) < 4.78 is 31.1. The number of ketones is 1. The van der Waals surface area contributed by atoms with Crippen molar-refractivity contribution in [2.45, 2.75) is 106 Å². The lowest BCUT2D eigenvalue weighted by molar-refractivity contribution is -0.137. The molecule has 0 bridgehead atoms. The van der Waals surface area contributed by atoms with Gasteiger partial charge in [0.1, 0.15) is 23.1 Å². The second-order valence-electron chi connectivity index (χ2n) is 17.2. The van der Waals surface area contributed by atoms with Crippen LogP contribution in [0.25, 0.3) is 0 Å². The van der Waals surface area contributed by atoms with E-state index in [0.29, 0.717) is 70.8 Å². The summed E-state index contributed by atoms with van der Waals surface area (Å²) in [5, 5.41) is 12.2. The van der Waals surface area contributed by atoms with Gasteiger partial charge in [-0.1, -0.05) is 72.5 Å². The van der Waals surface area contributed by atoms with Gasteiger partial charge < -0.3 is 15.5 Å². The Labute approximate surface area is 378 Å². The van der Waals surface area contributed by atoms with E-state index in [9.17, 15) is 33.2 Å². The minimum Gasteiger partial charge on any atom is -0.325 e. The Kier molecular flexibility index (Phi) is 11.7. The van der Waals surface area contributed by atoms with Crippen molar-refractivity contribution in [3.63, 3.8) is 0 Å². The van der Waals surface area contributed by atoms with E-state index in [1.807, 2.05) is 0 Å². The molecule has 4 aromatic rings. The number of imide groups is 1. The molecular formula is C49H43Cl2F2N5O6. The third kappa shape index (κ3) is 7.35. The molecule has 64 heavy (non-hydrogen) atoms. The molecule has 0 radical (unpaired) electrons. The number of nitrogens with zero attached hydrogens (tertiary/aromatic N) is 1. The molecule has 3 fully saturated rings. The number of unbranched alkanes of at least 4 members (excludes halogenated alkanes) is 2. The van der Waals surface area contributed by atoms with Gasteiger partial charge in [-0.05, 0) is 97.8 Å². The number of fused-ring (bicyclic) bond motifs is 4. The first-order valence-electron chi connectivity index (χ1n) is 21.5. The highest BCUT2D eigenvalue weighted by molar-refractivity contribution is 6.31. The largest absolute Gasteiger partial charge is 0.325 e. The van der Waals surface area contributed by atoms with Gasteiger partial charge in [-0.2, -0.15) is 0 Å². The van der Waals surface area contributed by atoms with Crippen molar-refractivity contribution in [3.05, 3.63) is 128 Å². The molecule has 4 N–H and O–H groups in total. The lowest BCUT2D eigenvalue weighted by Crippen LogP contribution is -2.60. The standard InChI is InChI=1S/C49H43Cl2F2N5O6/c50-29-16-19-33-36(25-29)55-47(64)49(33)41(31-10-8-11-34(51)42(31)53)43(57-48(49)23-6-3-7-24-48)45(62)54-30-17-13-28(14-18-30)38(59)12-5-2-1-4-9-27-15-20-35(52)40-32(27)26-58(46(40)63)37-21-22-39(60)56-44(37)61/h8,10-11,13-20,25,37,41,43,57H,1-3,5-7,12,21-24,26H2,(H,54,62)(H,55,64)(H,56,60,61)/t37?,41-,43+,49+/m0/s1. The van der Waals surface area contributed by atoms with Gasteiger partial charge >= 0.3 is 0 Å². The van der Waals surface area contributed by atoms with Gasteiger partial charge in [0, 0.05) is 70.4 Å². The van der Waals surface area contributed by atoms with Gasteiger partial charge in [0.2, 0.25) is 23.6 Å². The lowest BCUT2D eigenvalue weighted by atomic mass is 9.55. The molecule has 4 heterocycles. The molecule has 4 aliphatic heterocycles. The third-order valence-corrected chi connectivity index (χ3v) is 14.1. The number of rotatable bonds is 9. The lowest BCUT2D eigenvalue weighted by Gasteiger charge is -2.47. The van der Waals surface area contributed by atoms with E-state index in [4.69, 9.17) is 23.2 Å². The van der Waals surface area contributed by atoms with Gasteiger partial charge in [-0.15, -0.1) is 0 Å².